The molecule has 0 bridgehead atoms. The topological polar surface area (TPSA) is 40.5 Å². The van der Waals surface area contributed by atoms with Gasteiger partial charge >= 0.3 is 5.97 Å². The second-order valence-electron chi connectivity index (χ2n) is 4.10. The highest BCUT2D eigenvalue weighted by Crippen LogP contribution is 2.20. The Kier molecular flexibility index (Phi) is 4.90. The van der Waals surface area contributed by atoms with Gasteiger partial charge in [-0.2, -0.15) is 0 Å². The highest BCUT2D eigenvalue weighted by atomic mass is 35.5. The number of rotatable bonds is 3. The smallest absolute Gasteiger partial charge is 0.320 e. The fourth-order valence-electron chi connectivity index (χ4n) is 2.16. The summed E-state index contributed by atoms with van der Waals surface area (Å²) >= 11 is 0. The van der Waals surface area contributed by atoms with E-state index in [2.05, 4.69) is 0 Å². The normalized spacial score (nSPS) is 19.9. The maximum Gasteiger partial charge on any atom is 0.320 e. The van der Waals surface area contributed by atoms with E-state index in [-0.39, 0.29) is 18.2 Å². The number of carboxylic acid groups (broad SMARTS) is 1. The van der Waals surface area contributed by atoms with E-state index in [4.69, 9.17) is 5.11 Å². The van der Waals surface area contributed by atoms with Gasteiger partial charge in [0, 0.05) is 6.54 Å². The van der Waals surface area contributed by atoms with Crippen LogP contribution in [0.4, 0.5) is 4.39 Å². The Morgan fingerprint density at radius 2 is 2.29 bits per heavy atom. The van der Waals surface area contributed by atoms with Crippen molar-refractivity contribution in [2.45, 2.75) is 25.4 Å². The molecule has 1 atom stereocenters. The number of hydrogen-bond acceptors (Lipinski definition) is 2. The first-order valence-electron chi connectivity index (χ1n) is 5.38. The van der Waals surface area contributed by atoms with Gasteiger partial charge in [-0.1, -0.05) is 12.1 Å². The Bertz CT molecular complexity index is 400. The van der Waals surface area contributed by atoms with Gasteiger partial charge in [0.15, 0.2) is 0 Å². The van der Waals surface area contributed by atoms with Crippen molar-refractivity contribution in [1.82, 2.24) is 4.90 Å². The molecule has 0 radical (unpaired) electrons. The molecule has 0 saturated carbocycles. The Labute approximate surface area is 106 Å². The largest absolute Gasteiger partial charge is 0.480 e. The molecule has 1 heterocycles. The summed E-state index contributed by atoms with van der Waals surface area (Å²) in [5.74, 6) is -1.06. The summed E-state index contributed by atoms with van der Waals surface area (Å²) < 4.78 is 13.0. The second kappa shape index (κ2) is 5.98. The number of carboxylic acids is 1. The van der Waals surface area contributed by atoms with E-state index >= 15 is 0 Å². The van der Waals surface area contributed by atoms with Gasteiger partial charge in [-0.15, -0.1) is 12.4 Å². The Morgan fingerprint density at radius 1 is 1.53 bits per heavy atom. The van der Waals surface area contributed by atoms with E-state index in [0.29, 0.717) is 13.0 Å². The van der Waals surface area contributed by atoms with Crippen LogP contribution in [-0.4, -0.2) is 28.6 Å². The summed E-state index contributed by atoms with van der Waals surface area (Å²) in [6.45, 7) is 1.28. The van der Waals surface area contributed by atoms with E-state index in [9.17, 15) is 9.18 Å². The van der Waals surface area contributed by atoms with Gasteiger partial charge < -0.3 is 5.11 Å². The maximum absolute atomic E-state index is 13.0. The molecule has 1 aromatic rings. The van der Waals surface area contributed by atoms with Gasteiger partial charge in [-0.3, -0.25) is 9.69 Å². The van der Waals surface area contributed by atoms with Crippen molar-refractivity contribution in [3.8, 4) is 0 Å². The number of nitrogens with zero attached hydrogens (tertiary/aromatic N) is 1. The third kappa shape index (κ3) is 3.41. The molecule has 94 valence electrons. The molecule has 1 aliphatic heterocycles. The lowest BCUT2D eigenvalue weighted by atomic mass is 10.2. The molecule has 0 amide bonds. The Morgan fingerprint density at radius 3 is 2.94 bits per heavy atom. The number of hydrogen-bond donors (Lipinski definition) is 1. The van der Waals surface area contributed by atoms with E-state index < -0.39 is 12.0 Å². The van der Waals surface area contributed by atoms with Crippen molar-refractivity contribution in [3.05, 3.63) is 35.6 Å². The number of halogens is 2. The highest BCUT2D eigenvalue weighted by Gasteiger charge is 2.30. The summed E-state index contributed by atoms with van der Waals surface area (Å²) in [4.78, 5) is 12.8. The van der Waals surface area contributed by atoms with Crippen LogP contribution >= 0.6 is 12.4 Å². The summed E-state index contributed by atoms with van der Waals surface area (Å²) in [7, 11) is 0. The third-order valence-electron chi connectivity index (χ3n) is 2.92. The molecule has 1 N–H and O–H groups in total. The summed E-state index contributed by atoms with van der Waals surface area (Å²) in [6.07, 6.45) is 1.58. The SMILES string of the molecule is Cl.O=C(O)[C@@H]1CCCN1Cc1cccc(F)c1. The van der Waals surface area contributed by atoms with E-state index in [1.54, 1.807) is 6.07 Å². The molecular weight excluding hydrogens is 245 g/mol. The second-order valence-corrected chi connectivity index (χ2v) is 4.10. The molecule has 0 aliphatic carbocycles. The quantitative estimate of drug-likeness (QED) is 0.906. The lowest BCUT2D eigenvalue weighted by Gasteiger charge is -2.20. The fourth-order valence-corrected chi connectivity index (χ4v) is 2.16. The monoisotopic (exact) mass is 259 g/mol. The lowest BCUT2D eigenvalue weighted by Crippen LogP contribution is -2.35. The number of benzene rings is 1. The van der Waals surface area contributed by atoms with Crippen LogP contribution in [0.25, 0.3) is 0 Å². The van der Waals surface area contributed by atoms with Crippen LogP contribution in [0, 0.1) is 5.82 Å². The van der Waals surface area contributed by atoms with Gasteiger partial charge in [-0.25, -0.2) is 4.39 Å². The lowest BCUT2D eigenvalue weighted by molar-refractivity contribution is -0.142. The molecule has 17 heavy (non-hydrogen) atoms. The number of carbonyl (C=O) groups is 1. The first-order valence-corrected chi connectivity index (χ1v) is 5.38. The summed E-state index contributed by atoms with van der Waals surface area (Å²) in [5, 5.41) is 9.00. The third-order valence-corrected chi connectivity index (χ3v) is 2.92. The molecule has 0 spiro atoms. The van der Waals surface area contributed by atoms with Gasteiger partial charge in [0.05, 0.1) is 0 Å². The van der Waals surface area contributed by atoms with Crippen LogP contribution < -0.4 is 0 Å². The molecule has 0 aromatic heterocycles. The first kappa shape index (κ1) is 13.9. The van der Waals surface area contributed by atoms with Crippen LogP contribution in [0.15, 0.2) is 24.3 Å². The average Bonchev–Trinajstić information content (AvgIpc) is 2.66. The highest BCUT2D eigenvalue weighted by molar-refractivity contribution is 5.85. The molecule has 0 unspecified atom stereocenters. The van der Waals surface area contributed by atoms with E-state index in [1.807, 2.05) is 11.0 Å². The number of aliphatic carboxylic acids is 1. The zero-order valence-corrected chi connectivity index (χ0v) is 10.1. The number of likely N-dealkylation sites (tertiary alicyclic amines) is 1. The molecule has 5 heteroatoms. The van der Waals surface area contributed by atoms with Gasteiger partial charge in [0.25, 0.3) is 0 Å². The maximum atomic E-state index is 13.0. The molecule has 2 rings (SSSR count). The van der Waals surface area contributed by atoms with Crippen molar-refractivity contribution in [3.63, 3.8) is 0 Å². The molecule has 1 aliphatic rings. The van der Waals surface area contributed by atoms with Gasteiger partial charge in [0.2, 0.25) is 0 Å². The minimum Gasteiger partial charge on any atom is -0.480 e. The first-order chi connectivity index (χ1) is 7.66. The van der Waals surface area contributed by atoms with E-state index in [0.717, 1.165) is 18.5 Å². The predicted octanol–water partition coefficient (Wildman–Crippen LogP) is 2.30. The predicted molar refractivity (Wildman–Crippen MR) is 64.7 cm³/mol. The minimum atomic E-state index is -0.783. The van der Waals surface area contributed by atoms with Gasteiger partial charge in [0.1, 0.15) is 11.9 Å². The van der Waals surface area contributed by atoms with Crippen LogP contribution in [0.1, 0.15) is 18.4 Å². The molecule has 1 fully saturated rings. The standard InChI is InChI=1S/C12H14FNO2.ClH/c13-10-4-1-3-9(7-10)8-14-6-2-5-11(14)12(15)16;/h1,3-4,7,11H,2,5-6,8H2,(H,15,16);1H/t11-;/m0./s1. The summed E-state index contributed by atoms with van der Waals surface area (Å²) in [5.41, 5.74) is 0.827. The molecule has 1 saturated heterocycles. The van der Waals surface area contributed by atoms with Crippen molar-refractivity contribution >= 4 is 18.4 Å². The van der Waals surface area contributed by atoms with Crippen LogP contribution in [0.5, 0.6) is 0 Å². The molecular formula is C12H15ClFNO2. The Balaban J connectivity index is 0.00000144. The average molecular weight is 260 g/mol. The van der Waals surface area contributed by atoms with Crippen molar-refractivity contribution in [2.24, 2.45) is 0 Å². The van der Waals surface area contributed by atoms with Gasteiger partial charge in [-0.05, 0) is 37.1 Å². The fraction of sp³-hybridized carbons (Fsp3) is 0.417. The van der Waals surface area contributed by atoms with Crippen LogP contribution in [-0.2, 0) is 11.3 Å². The van der Waals surface area contributed by atoms with Crippen molar-refractivity contribution in [1.29, 1.82) is 0 Å². The summed E-state index contributed by atoms with van der Waals surface area (Å²) in [6, 6.07) is 5.90. The van der Waals surface area contributed by atoms with E-state index in [1.165, 1.54) is 12.1 Å². The minimum absolute atomic E-state index is 0. The molecule has 3 nitrogen and oxygen atoms in total. The van der Waals surface area contributed by atoms with Crippen molar-refractivity contribution in [2.75, 3.05) is 6.54 Å². The zero-order chi connectivity index (χ0) is 11.5. The van der Waals surface area contributed by atoms with Crippen molar-refractivity contribution < 1.29 is 14.3 Å². The van der Waals surface area contributed by atoms with Crippen LogP contribution in [0.2, 0.25) is 0 Å². The molecule has 1 aromatic carbocycles. The Hall–Kier alpha value is -1.13. The zero-order valence-electron chi connectivity index (χ0n) is 9.30. The van der Waals surface area contributed by atoms with Crippen LogP contribution in [0.3, 0.4) is 0 Å².